The summed E-state index contributed by atoms with van der Waals surface area (Å²) < 4.78 is 7.35. The molecule has 0 aliphatic carbocycles. The Hall–Kier alpha value is -1.07. The molecule has 100 valence electrons. The molecule has 0 unspecified atom stereocenters. The zero-order chi connectivity index (χ0) is 13.7. The van der Waals surface area contributed by atoms with E-state index in [9.17, 15) is 0 Å². The third-order valence-corrected chi connectivity index (χ3v) is 3.63. The van der Waals surface area contributed by atoms with Crippen molar-refractivity contribution in [2.45, 2.75) is 13.5 Å². The molecule has 0 fully saturated rings. The highest BCUT2D eigenvalue weighted by Crippen LogP contribution is 2.21. The minimum Gasteiger partial charge on any atom is -0.494 e. The first-order valence-electron chi connectivity index (χ1n) is 5.95. The monoisotopic (exact) mass is 384 g/mol. The summed E-state index contributed by atoms with van der Waals surface area (Å²) in [5, 5.41) is 3.33. The minimum absolute atomic E-state index is 0.668. The number of anilines is 1. The maximum absolute atomic E-state index is 5.40. The van der Waals surface area contributed by atoms with Crippen molar-refractivity contribution in [3.63, 3.8) is 0 Å². The average molecular weight is 386 g/mol. The molecule has 0 bridgehead atoms. The number of benzene rings is 1. The van der Waals surface area contributed by atoms with Gasteiger partial charge in [0.2, 0.25) is 0 Å². The van der Waals surface area contributed by atoms with Crippen LogP contribution in [-0.4, -0.2) is 11.6 Å². The lowest BCUT2D eigenvalue weighted by atomic mass is 10.3. The van der Waals surface area contributed by atoms with E-state index in [2.05, 4.69) is 42.2 Å². The highest BCUT2D eigenvalue weighted by molar-refractivity contribution is 9.11. The lowest BCUT2D eigenvalue weighted by Gasteiger charge is -2.09. The van der Waals surface area contributed by atoms with Crippen LogP contribution in [0.15, 0.2) is 45.5 Å². The van der Waals surface area contributed by atoms with E-state index in [1.54, 1.807) is 6.20 Å². The van der Waals surface area contributed by atoms with Crippen molar-refractivity contribution in [1.82, 2.24) is 4.98 Å². The fourth-order valence-corrected chi connectivity index (χ4v) is 2.72. The number of pyridine rings is 1. The van der Waals surface area contributed by atoms with Crippen molar-refractivity contribution in [3.8, 4) is 5.75 Å². The molecule has 0 saturated heterocycles. The molecule has 1 N–H and O–H groups in total. The molecule has 0 saturated carbocycles. The van der Waals surface area contributed by atoms with Gasteiger partial charge in [-0.05, 0) is 69.1 Å². The van der Waals surface area contributed by atoms with Crippen molar-refractivity contribution in [2.75, 3.05) is 11.9 Å². The number of nitrogens with one attached hydrogen (secondary N) is 1. The fourth-order valence-electron chi connectivity index (χ4n) is 1.59. The van der Waals surface area contributed by atoms with Crippen LogP contribution in [0, 0.1) is 0 Å². The van der Waals surface area contributed by atoms with Gasteiger partial charge in [-0.3, -0.25) is 4.98 Å². The van der Waals surface area contributed by atoms with Gasteiger partial charge in [-0.25, -0.2) is 0 Å². The number of ether oxygens (including phenoxy) is 1. The van der Waals surface area contributed by atoms with Crippen LogP contribution in [0.3, 0.4) is 0 Å². The SMILES string of the molecule is CCOc1ccc(NCc2ncc(Br)cc2Br)cc1. The van der Waals surface area contributed by atoms with Crippen LogP contribution < -0.4 is 10.1 Å². The van der Waals surface area contributed by atoms with Gasteiger partial charge in [0.25, 0.3) is 0 Å². The standard InChI is InChI=1S/C14H14Br2N2O/c1-2-19-12-5-3-11(4-6-12)17-9-14-13(16)7-10(15)8-18-14/h3-8,17H,2,9H2,1H3. The number of nitrogens with zero attached hydrogens (tertiary/aromatic N) is 1. The summed E-state index contributed by atoms with van der Waals surface area (Å²) in [6.45, 7) is 3.33. The van der Waals surface area contributed by atoms with Crippen LogP contribution in [-0.2, 0) is 6.54 Å². The van der Waals surface area contributed by atoms with Gasteiger partial charge in [-0.15, -0.1) is 0 Å². The highest BCUT2D eigenvalue weighted by atomic mass is 79.9. The largest absolute Gasteiger partial charge is 0.494 e. The molecular weight excluding hydrogens is 372 g/mol. The Balaban J connectivity index is 1.98. The normalized spacial score (nSPS) is 10.3. The molecule has 0 amide bonds. The number of aromatic nitrogens is 1. The molecule has 19 heavy (non-hydrogen) atoms. The number of rotatable bonds is 5. The van der Waals surface area contributed by atoms with E-state index >= 15 is 0 Å². The van der Waals surface area contributed by atoms with E-state index in [0.29, 0.717) is 13.2 Å². The van der Waals surface area contributed by atoms with E-state index in [4.69, 9.17) is 4.74 Å². The summed E-state index contributed by atoms with van der Waals surface area (Å²) in [7, 11) is 0. The average Bonchev–Trinajstić information content (AvgIpc) is 2.40. The molecule has 0 atom stereocenters. The summed E-state index contributed by atoms with van der Waals surface area (Å²) in [5.41, 5.74) is 2.01. The predicted octanol–water partition coefficient (Wildman–Crippen LogP) is 4.62. The number of halogens is 2. The van der Waals surface area contributed by atoms with Crippen molar-refractivity contribution < 1.29 is 4.74 Å². The van der Waals surface area contributed by atoms with Crippen LogP contribution in [0.5, 0.6) is 5.75 Å². The van der Waals surface area contributed by atoms with Gasteiger partial charge >= 0.3 is 0 Å². The van der Waals surface area contributed by atoms with Gasteiger partial charge in [0.05, 0.1) is 18.8 Å². The maximum Gasteiger partial charge on any atom is 0.119 e. The van der Waals surface area contributed by atoms with E-state index in [1.807, 2.05) is 37.3 Å². The van der Waals surface area contributed by atoms with E-state index < -0.39 is 0 Å². The third-order valence-electron chi connectivity index (χ3n) is 2.51. The van der Waals surface area contributed by atoms with Gasteiger partial charge in [0.15, 0.2) is 0 Å². The Morgan fingerprint density at radius 1 is 1.21 bits per heavy atom. The first kappa shape index (κ1) is 14.3. The summed E-state index contributed by atoms with van der Waals surface area (Å²) in [6.07, 6.45) is 1.79. The quantitative estimate of drug-likeness (QED) is 0.815. The molecule has 2 aromatic rings. The Kier molecular flexibility index (Phi) is 5.22. The van der Waals surface area contributed by atoms with E-state index in [1.165, 1.54) is 0 Å². The van der Waals surface area contributed by atoms with Crippen LogP contribution >= 0.6 is 31.9 Å². The fraction of sp³-hybridized carbons (Fsp3) is 0.214. The summed E-state index contributed by atoms with van der Waals surface area (Å²) >= 11 is 6.89. The van der Waals surface area contributed by atoms with Crippen LogP contribution in [0.25, 0.3) is 0 Å². The lowest BCUT2D eigenvalue weighted by Crippen LogP contribution is -2.02. The molecule has 0 aliphatic rings. The van der Waals surface area contributed by atoms with Gasteiger partial charge in [0.1, 0.15) is 5.75 Å². The highest BCUT2D eigenvalue weighted by Gasteiger charge is 2.02. The second kappa shape index (κ2) is 6.91. The summed E-state index contributed by atoms with van der Waals surface area (Å²) in [4.78, 5) is 4.36. The smallest absolute Gasteiger partial charge is 0.119 e. The molecule has 0 aliphatic heterocycles. The number of hydrogen-bond donors (Lipinski definition) is 1. The summed E-state index contributed by atoms with van der Waals surface area (Å²) in [5.74, 6) is 0.885. The van der Waals surface area contributed by atoms with Gasteiger partial charge in [-0.2, -0.15) is 0 Å². The van der Waals surface area contributed by atoms with Gasteiger partial charge in [-0.1, -0.05) is 0 Å². The molecule has 0 spiro atoms. The molecule has 2 rings (SSSR count). The third kappa shape index (κ3) is 4.21. The topological polar surface area (TPSA) is 34.1 Å². The molecule has 0 radical (unpaired) electrons. The van der Waals surface area contributed by atoms with Crippen LogP contribution in [0.2, 0.25) is 0 Å². The van der Waals surface area contributed by atoms with E-state index in [0.717, 1.165) is 26.1 Å². The molecule has 3 nitrogen and oxygen atoms in total. The second-order valence-electron chi connectivity index (χ2n) is 3.89. The zero-order valence-corrected chi connectivity index (χ0v) is 13.7. The Bertz CT molecular complexity index is 544. The Morgan fingerprint density at radius 3 is 2.58 bits per heavy atom. The van der Waals surface area contributed by atoms with Crippen LogP contribution in [0.1, 0.15) is 12.6 Å². The first-order valence-corrected chi connectivity index (χ1v) is 7.54. The minimum atomic E-state index is 0.668. The van der Waals surface area contributed by atoms with Crippen molar-refractivity contribution in [3.05, 3.63) is 51.2 Å². The second-order valence-corrected chi connectivity index (χ2v) is 5.66. The zero-order valence-electron chi connectivity index (χ0n) is 10.5. The van der Waals surface area contributed by atoms with Crippen LogP contribution in [0.4, 0.5) is 5.69 Å². The molecule has 1 heterocycles. The molecule has 1 aromatic heterocycles. The molecule has 1 aromatic carbocycles. The van der Waals surface area contributed by atoms with Crippen molar-refractivity contribution in [1.29, 1.82) is 0 Å². The van der Waals surface area contributed by atoms with Gasteiger partial charge in [0, 0.05) is 20.8 Å². The van der Waals surface area contributed by atoms with E-state index in [-0.39, 0.29) is 0 Å². The molecule has 5 heteroatoms. The van der Waals surface area contributed by atoms with Crippen molar-refractivity contribution >= 4 is 37.5 Å². The first-order chi connectivity index (χ1) is 9.19. The van der Waals surface area contributed by atoms with Gasteiger partial charge < -0.3 is 10.1 Å². The Morgan fingerprint density at radius 2 is 1.95 bits per heavy atom. The number of hydrogen-bond acceptors (Lipinski definition) is 3. The molecular formula is C14H14Br2N2O. The summed E-state index contributed by atoms with van der Waals surface area (Å²) in [6, 6.07) is 9.89. The lowest BCUT2D eigenvalue weighted by molar-refractivity contribution is 0.340. The Labute approximate surface area is 129 Å². The van der Waals surface area contributed by atoms with Crippen molar-refractivity contribution in [2.24, 2.45) is 0 Å². The predicted molar refractivity (Wildman–Crippen MR) is 84.6 cm³/mol. The maximum atomic E-state index is 5.40.